The van der Waals surface area contributed by atoms with Crippen LogP contribution in [0.5, 0.6) is 0 Å². The molecule has 1 heterocycles. The van der Waals surface area contributed by atoms with Crippen LogP contribution in [0.4, 0.5) is 0 Å². The molecule has 0 aromatic rings. The van der Waals surface area contributed by atoms with Crippen molar-refractivity contribution in [1.29, 1.82) is 0 Å². The molecule has 0 aromatic heterocycles. The lowest BCUT2D eigenvalue weighted by Gasteiger charge is -2.47. The molecular weight excluding hydrogens is 260 g/mol. The maximum Gasteiger partial charge on any atom is 0.185 e. The van der Waals surface area contributed by atoms with Gasteiger partial charge in [-0.05, 0) is 74.2 Å². The van der Waals surface area contributed by atoms with Crippen molar-refractivity contribution in [3.63, 3.8) is 0 Å². The molecule has 2 bridgehead atoms. The van der Waals surface area contributed by atoms with Gasteiger partial charge in [0.25, 0.3) is 0 Å². The van der Waals surface area contributed by atoms with Crippen LogP contribution in [0.1, 0.15) is 60.3 Å². The van der Waals surface area contributed by atoms with Crippen molar-refractivity contribution in [3.8, 4) is 0 Å². The largest absolute Gasteiger partial charge is 0.340 e. The predicted octanol–water partition coefficient (Wildman–Crippen LogP) is 4.55. The monoisotopic (exact) mass is 290 g/mol. The fraction of sp³-hybridized carbons (Fsp3) is 0.895. The zero-order chi connectivity index (χ0) is 15.3. The van der Waals surface area contributed by atoms with Crippen LogP contribution >= 0.6 is 0 Å². The number of rotatable bonds is 1. The minimum absolute atomic E-state index is 0.151. The van der Waals surface area contributed by atoms with Crippen LogP contribution in [0.2, 0.25) is 0 Å². The summed E-state index contributed by atoms with van der Waals surface area (Å²) in [6, 6.07) is 0. The van der Waals surface area contributed by atoms with Crippen LogP contribution in [0.25, 0.3) is 0 Å². The van der Waals surface area contributed by atoms with Gasteiger partial charge in [-0.15, -0.1) is 0 Å². The van der Waals surface area contributed by atoms with Gasteiger partial charge in [0.1, 0.15) is 0 Å². The van der Waals surface area contributed by atoms with Gasteiger partial charge in [0, 0.05) is 0 Å². The molecular formula is C19H30O2. The summed E-state index contributed by atoms with van der Waals surface area (Å²) in [4.78, 5) is 0. The predicted molar refractivity (Wildman–Crippen MR) is 83.8 cm³/mol. The van der Waals surface area contributed by atoms with Crippen molar-refractivity contribution in [2.45, 2.75) is 77.8 Å². The first-order valence-corrected chi connectivity index (χ1v) is 8.69. The van der Waals surface area contributed by atoms with E-state index >= 15 is 0 Å². The van der Waals surface area contributed by atoms with Gasteiger partial charge in [-0.25, -0.2) is 0 Å². The molecule has 21 heavy (non-hydrogen) atoms. The minimum Gasteiger partial charge on any atom is -0.340 e. The summed E-state index contributed by atoms with van der Waals surface area (Å²) in [7, 11) is 0. The molecule has 2 heteroatoms. The maximum atomic E-state index is 6.51. The Morgan fingerprint density at radius 3 is 2.43 bits per heavy atom. The highest BCUT2D eigenvalue weighted by atomic mass is 16.8. The Kier molecular flexibility index (Phi) is 2.56. The molecule has 1 aliphatic heterocycles. The first-order valence-electron chi connectivity index (χ1n) is 8.69. The fourth-order valence-electron chi connectivity index (χ4n) is 6.95. The van der Waals surface area contributed by atoms with Crippen molar-refractivity contribution < 1.29 is 9.47 Å². The number of hydrogen-bond donors (Lipinski definition) is 0. The zero-order valence-corrected chi connectivity index (χ0v) is 14.2. The summed E-state index contributed by atoms with van der Waals surface area (Å²) in [5, 5.41) is 0. The van der Waals surface area contributed by atoms with E-state index in [4.69, 9.17) is 9.47 Å². The third kappa shape index (κ3) is 1.47. The molecule has 0 radical (unpaired) electrons. The highest BCUT2D eigenvalue weighted by Gasteiger charge is 2.74. The smallest absolute Gasteiger partial charge is 0.185 e. The first-order chi connectivity index (χ1) is 9.68. The molecule has 0 amide bonds. The Hall–Kier alpha value is -0.340. The quantitative estimate of drug-likeness (QED) is 0.660. The molecule has 2 nitrogen and oxygen atoms in total. The molecule has 4 fully saturated rings. The van der Waals surface area contributed by atoms with Crippen LogP contribution < -0.4 is 0 Å². The highest BCUT2D eigenvalue weighted by Crippen LogP contribution is 2.75. The van der Waals surface area contributed by atoms with E-state index in [2.05, 4.69) is 34.3 Å². The van der Waals surface area contributed by atoms with Crippen molar-refractivity contribution >= 4 is 0 Å². The van der Waals surface area contributed by atoms with Crippen molar-refractivity contribution in [2.75, 3.05) is 0 Å². The van der Waals surface area contributed by atoms with Gasteiger partial charge in [0.05, 0.1) is 11.7 Å². The second-order valence-electron chi connectivity index (χ2n) is 9.16. The molecule has 0 N–H and O–H groups in total. The number of ether oxygens (including phenoxy) is 2. The van der Waals surface area contributed by atoms with Gasteiger partial charge < -0.3 is 9.47 Å². The molecule has 1 spiro atoms. The third-order valence-electron chi connectivity index (χ3n) is 8.01. The van der Waals surface area contributed by atoms with Crippen molar-refractivity contribution in [2.24, 2.45) is 28.6 Å². The fourth-order valence-corrected chi connectivity index (χ4v) is 6.95. The summed E-state index contributed by atoms with van der Waals surface area (Å²) in [6.07, 6.45) is 7.36. The van der Waals surface area contributed by atoms with Crippen LogP contribution in [0.15, 0.2) is 12.7 Å². The maximum absolute atomic E-state index is 6.51. The van der Waals surface area contributed by atoms with E-state index in [9.17, 15) is 0 Å². The molecule has 1 saturated heterocycles. The van der Waals surface area contributed by atoms with Gasteiger partial charge in [0.2, 0.25) is 0 Å². The highest BCUT2D eigenvalue weighted by molar-refractivity contribution is 5.22. The summed E-state index contributed by atoms with van der Waals surface area (Å²) >= 11 is 0. The van der Waals surface area contributed by atoms with E-state index in [-0.39, 0.29) is 11.7 Å². The Labute approximate surface area is 129 Å². The number of hydrogen-bond acceptors (Lipinski definition) is 2. The first kappa shape index (κ1) is 14.3. The topological polar surface area (TPSA) is 18.5 Å². The third-order valence-corrected chi connectivity index (χ3v) is 8.01. The lowest BCUT2D eigenvalue weighted by molar-refractivity contribution is -0.157. The average Bonchev–Trinajstić information content (AvgIpc) is 2.92. The van der Waals surface area contributed by atoms with E-state index in [1.54, 1.807) is 0 Å². The molecule has 0 unspecified atom stereocenters. The normalized spacial score (nSPS) is 60.6. The van der Waals surface area contributed by atoms with Crippen LogP contribution in [-0.4, -0.2) is 17.5 Å². The van der Waals surface area contributed by atoms with Crippen molar-refractivity contribution in [3.05, 3.63) is 12.7 Å². The second kappa shape index (κ2) is 3.76. The Balaban J connectivity index is 1.81. The van der Waals surface area contributed by atoms with Crippen LogP contribution in [0.3, 0.4) is 0 Å². The summed E-state index contributed by atoms with van der Waals surface area (Å²) in [5.41, 5.74) is 0.694. The Morgan fingerprint density at radius 1 is 1.05 bits per heavy atom. The minimum atomic E-state index is -0.603. The number of fused-ring (bicyclic) bond motifs is 3. The van der Waals surface area contributed by atoms with E-state index in [0.717, 1.165) is 11.8 Å². The lowest BCUT2D eigenvalue weighted by atomic mass is 9.63. The van der Waals surface area contributed by atoms with Gasteiger partial charge in [-0.2, -0.15) is 0 Å². The molecule has 0 aromatic carbocycles. The lowest BCUT2D eigenvalue weighted by Crippen LogP contribution is -2.52. The van der Waals surface area contributed by atoms with Gasteiger partial charge in [-0.3, -0.25) is 0 Å². The summed E-state index contributed by atoms with van der Waals surface area (Å²) < 4.78 is 12.9. The van der Waals surface area contributed by atoms with E-state index in [1.165, 1.54) is 25.7 Å². The van der Waals surface area contributed by atoms with Crippen LogP contribution in [-0.2, 0) is 9.47 Å². The second-order valence-corrected chi connectivity index (χ2v) is 9.16. The standard InChI is InChI=1S/C19H30O2/c1-7-17(5)20-15-11-19-10-14(18(15,6)21-17)16(3,4)13(19)9-8-12(19)2/h7,12-15H,1,8-11H2,2-6H3/t12-,13+,14-,15+,17-,18-,19-/m1/s1. The Bertz CT molecular complexity index is 498. The molecule has 118 valence electrons. The molecule has 4 rings (SSSR count). The average molecular weight is 290 g/mol. The summed E-state index contributed by atoms with van der Waals surface area (Å²) in [6.45, 7) is 15.7. The zero-order valence-electron chi connectivity index (χ0n) is 14.2. The van der Waals surface area contributed by atoms with E-state index < -0.39 is 5.79 Å². The molecule has 4 aliphatic rings. The molecule has 7 atom stereocenters. The van der Waals surface area contributed by atoms with E-state index in [0.29, 0.717) is 16.7 Å². The van der Waals surface area contributed by atoms with E-state index in [1.807, 2.05) is 13.0 Å². The van der Waals surface area contributed by atoms with Gasteiger partial charge in [-0.1, -0.05) is 27.4 Å². The Morgan fingerprint density at radius 2 is 1.76 bits per heavy atom. The SMILES string of the molecule is C=C[C@]1(C)O[C@H]2C[C@@]34C[C@H](C(C)(C)[C@@H]3CC[C@H]4C)[C@@]2(C)O1. The van der Waals surface area contributed by atoms with Crippen LogP contribution in [0, 0.1) is 28.6 Å². The molecule has 3 saturated carbocycles. The molecule has 3 aliphatic carbocycles. The van der Waals surface area contributed by atoms with Gasteiger partial charge in [0.15, 0.2) is 5.79 Å². The van der Waals surface area contributed by atoms with Gasteiger partial charge >= 0.3 is 0 Å². The van der Waals surface area contributed by atoms with Crippen molar-refractivity contribution in [1.82, 2.24) is 0 Å². The summed E-state index contributed by atoms with van der Waals surface area (Å²) in [5.74, 6) is 1.66.